The van der Waals surface area contributed by atoms with Crippen molar-refractivity contribution in [1.82, 2.24) is 15.1 Å². The highest BCUT2D eigenvalue weighted by Gasteiger charge is 2.52. The number of fused-ring (bicyclic) bond motifs is 2. The summed E-state index contributed by atoms with van der Waals surface area (Å²) >= 11 is 0. The molecule has 1 N–H and O–H groups in total. The van der Waals surface area contributed by atoms with Gasteiger partial charge >= 0.3 is 0 Å². The van der Waals surface area contributed by atoms with Crippen molar-refractivity contribution in [3.05, 3.63) is 65.2 Å². The SMILES string of the molecule is COc1cccc(C(c2ccc(C(=O)N3CCCC3)cc2)N2C3CCC4NC3CC[C@@H]42)c1. The van der Waals surface area contributed by atoms with Gasteiger partial charge in [0, 0.05) is 42.8 Å². The van der Waals surface area contributed by atoms with E-state index in [2.05, 4.69) is 40.5 Å². The second kappa shape index (κ2) is 8.20. The summed E-state index contributed by atoms with van der Waals surface area (Å²) in [6.45, 7) is 1.78. The van der Waals surface area contributed by atoms with Crippen LogP contribution in [0.3, 0.4) is 0 Å². The smallest absolute Gasteiger partial charge is 0.253 e. The summed E-state index contributed by atoms with van der Waals surface area (Å²) in [7, 11) is 1.74. The first kappa shape index (κ1) is 20.3. The van der Waals surface area contributed by atoms with Gasteiger partial charge in [-0.1, -0.05) is 24.3 Å². The van der Waals surface area contributed by atoms with Crippen molar-refractivity contribution in [2.75, 3.05) is 20.2 Å². The van der Waals surface area contributed by atoms with Crippen molar-refractivity contribution >= 4 is 5.91 Å². The fourth-order valence-corrected chi connectivity index (χ4v) is 6.75. The zero-order valence-electron chi connectivity index (χ0n) is 18.9. The average Bonchev–Trinajstić information content (AvgIpc) is 3.40. The van der Waals surface area contributed by atoms with Gasteiger partial charge in [-0.15, -0.1) is 0 Å². The second-order valence-electron chi connectivity index (χ2n) is 9.92. The van der Waals surface area contributed by atoms with Crippen LogP contribution in [0.1, 0.15) is 66.1 Å². The zero-order valence-corrected chi connectivity index (χ0v) is 18.9. The van der Waals surface area contributed by atoms with Gasteiger partial charge in [0.25, 0.3) is 5.91 Å². The Morgan fingerprint density at radius 3 is 2.28 bits per heavy atom. The van der Waals surface area contributed by atoms with Crippen LogP contribution in [0.25, 0.3) is 0 Å². The normalized spacial score (nSPS) is 30.0. The molecule has 0 aromatic heterocycles. The van der Waals surface area contributed by atoms with Gasteiger partial charge in [0.15, 0.2) is 0 Å². The maximum atomic E-state index is 12.9. The van der Waals surface area contributed by atoms with Gasteiger partial charge < -0.3 is 15.0 Å². The highest BCUT2D eigenvalue weighted by atomic mass is 16.5. The van der Waals surface area contributed by atoms with E-state index < -0.39 is 0 Å². The molecule has 0 spiro atoms. The van der Waals surface area contributed by atoms with Gasteiger partial charge in [0.05, 0.1) is 13.2 Å². The topological polar surface area (TPSA) is 44.8 Å². The Morgan fingerprint density at radius 1 is 0.938 bits per heavy atom. The number of nitrogens with one attached hydrogen (secondary N) is 1. The molecule has 0 radical (unpaired) electrons. The van der Waals surface area contributed by atoms with Crippen LogP contribution in [-0.2, 0) is 0 Å². The van der Waals surface area contributed by atoms with E-state index in [0.29, 0.717) is 24.2 Å². The number of piperazine rings is 1. The Kier molecular flexibility index (Phi) is 5.19. The lowest BCUT2D eigenvalue weighted by atomic mass is 9.71. The summed E-state index contributed by atoms with van der Waals surface area (Å²) in [5.41, 5.74) is 3.36. The third kappa shape index (κ3) is 3.34. The maximum Gasteiger partial charge on any atom is 0.253 e. The number of piperidine rings is 4. The van der Waals surface area contributed by atoms with Crippen molar-refractivity contribution in [1.29, 1.82) is 0 Å². The summed E-state index contributed by atoms with van der Waals surface area (Å²) in [5.74, 6) is 1.08. The Bertz CT molecular complexity index is 967. The van der Waals surface area contributed by atoms with Crippen LogP contribution in [0.2, 0.25) is 0 Å². The molecule has 4 unspecified atom stereocenters. The quantitative estimate of drug-likeness (QED) is 0.778. The van der Waals surface area contributed by atoms with E-state index in [4.69, 9.17) is 4.74 Å². The first-order valence-electron chi connectivity index (χ1n) is 12.3. The van der Waals surface area contributed by atoms with Crippen LogP contribution < -0.4 is 10.1 Å². The summed E-state index contributed by atoms with van der Waals surface area (Å²) in [4.78, 5) is 17.7. The lowest BCUT2D eigenvalue weighted by Crippen LogP contribution is -2.74. The lowest BCUT2D eigenvalue weighted by Gasteiger charge is -2.62. The number of hydrogen-bond acceptors (Lipinski definition) is 4. The van der Waals surface area contributed by atoms with E-state index >= 15 is 0 Å². The van der Waals surface area contributed by atoms with E-state index in [9.17, 15) is 4.79 Å². The summed E-state index contributed by atoms with van der Waals surface area (Å²) in [6.07, 6.45) is 7.36. The Balaban J connectivity index is 1.37. The molecule has 6 heterocycles. The molecule has 0 aliphatic carbocycles. The molecular formula is C27H33N3O2. The van der Waals surface area contributed by atoms with Crippen LogP contribution in [0, 0.1) is 0 Å². The number of carbonyl (C=O) groups excluding carboxylic acids is 1. The minimum absolute atomic E-state index is 0.173. The third-order valence-electron chi connectivity index (χ3n) is 8.24. The Hall–Kier alpha value is -2.37. The van der Waals surface area contributed by atoms with Crippen LogP contribution in [0.15, 0.2) is 48.5 Å². The first-order valence-corrected chi connectivity index (χ1v) is 12.3. The molecule has 1 amide bonds. The van der Waals surface area contributed by atoms with E-state index in [0.717, 1.165) is 37.2 Å². The van der Waals surface area contributed by atoms with Crippen LogP contribution >= 0.6 is 0 Å². The number of rotatable bonds is 5. The van der Waals surface area contributed by atoms with Crippen molar-refractivity contribution in [3.8, 4) is 5.75 Å². The van der Waals surface area contributed by atoms with Gasteiger partial charge in [-0.2, -0.15) is 0 Å². The number of carbonyl (C=O) groups is 1. The van der Waals surface area contributed by atoms with Crippen molar-refractivity contribution in [3.63, 3.8) is 0 Å². The van der Waals surface area contributed by atoms with E-state index in [-0.39, 0.29) is 11.9 Å². The molecule has 6 saturated heterocycles. The lowest BCUT2D eigenvalue weighted by molar-refractivity contribution is -0.0756. The monoisotopic (exact) mass is 431 g/mol. The molecule has 8 rings (SSSR count). The molecule has 0 saturated carbocycles. The number of benzene rings is 2. The minimum Gasteiger partial charge on any atom is -0.497 e. The first-order chi connectivity index (χ1) is 15.7. The Labute approximate surface area is 190 Å². The molecule has 5 atom stereocenters. The number of hydrogen-bond donors (Lipinski definition) is 1. The van der Waals surface area contributed by atoms with Crippen molar-refractivity contribution in [2.45, 2.75) is 68.7 Å². The molecule has 6 aliphatic rings. The predicted molar refractivity (Wildman–Crippen MR) is 125 cm³/mol. The summed E-state index contributed by atoms with van der Waals surface area (Å²) < 4.78 is 5.58. The summed E-state index contributed by atoms with van der Waals surface area (Å²) in [6, 6.07) is 19.5. The molecule has 4 bridgehead atoms. The summed E-state index contributed by atoms with van der Waals surface area (Å²) in [5, 5.41) is 3.90. The molecule has 2 aromatic carbocycles. The van der Waals surface area contributed by atoms with E-state index in [1.807, 2.05) is 23.1 Å². The minimum atomic E-state index is 0.173. The molecule has 2 aromatic rings. The molecule has 6 fully saturated rings. The molecular weight excluding hydrogens is 398 g/mol. The molecule has 5 nitrogen and oxygen atoms in total. The fourth-order valence-electron chi connectivity index (χ4n) is 6.75. The highest BCUT2D eigenvalue weighted by molar-refractivity contribution is 5.94. The highest BCUT2D eigenvalue weighted by Crippen LogP contribution is 2.46. The molecule has 5 heteroatoms. The van der Waals surface area contributed by atoms with Gasteiger partial charge in [-0.25, -0.2) is 0 Å². The molecule has 168 valence electrons. The predicted octanol–water partition coefficient (Wildman–Crippen LogP) is 3.99. The average molecular weight is 432 g/mol. The van der Waals surface area contributed by atoms with Crippen LogP contribution in [-0.4, -0.2) is 60.1 Å². The van der Waals surface area contributed by atoms with Gasteiger partial charge in [-0.3, -0.25) is 9.69 Å². The number of methoxy groups -OCH3 is 1. The van der Waals surface area contributed by atoms with Gasteiger partial charge in [0.2, 0.25) is 0 Å². The number of amides is 1. The van der Waals surface area contributed by atoms with Crippen LogP contribution in [0.4, 0.5) is 0 Å². The van der Waals surface area contributed by atoms with Crippen molar-refractivity contribution in [2.24, 2.45) is 0 Å². The number of likely N-dealkylation sites (tertiary alicyclic amines) is 1. The van der Waals surface area contributed by atoms with Gasteiger partial charge in [-0.05, 0) is 73.9 Å². The maximum absolute atomic E-state index is 12.9. The van der Waals surface area contributed by atoms with E-state index in [1.54, 1.807) is 7.11 Å². The third-order valence-corrected chi connectivity index (χ3v) is 8.24. The Morgan fingerprint density at radius 2 is 1.62 bits per heavy atom. The van der Waals surface area contributed by atoms with Crippen molar-refractivity contribution < 1.29 is 9.53 Å². The standard InChI is InChI=1S/C27H33N3O2/c1-32-21-6-4-5-20(17-21)26(30-24-13-11-22-25(30)14-12-23(24)28-22)18-7-9-19(10-8-18)27(31)29-15-2-3-16-29/h4-10,17,22-26,28H,2-3,11-16H2,1H3/t22?,23?,24-,25?,26?/m0/s1. The fraction of sp³-hybridized carbons (Fsp3) is 0.519. The van der Waals surface area contributed by atoms with E-state index in [1.165, 1.54) is 36.8 Å². The van der Waals surface area contributed by atoms with Crippen LogP contribution in [0.5, 0.6) is 5.75 Å². The largest absolute Gasteiger partial charge is 0.497 e. The zero-order chi connectivity index (χ0) is 21.7. The van der Waals surface area contributed by atoms with Gasteiger partial charge in [0.1, 0.15) is 5.75 Å². The number of ether oxygens (including phenoxy) is 1. The number of nitrogens with zero attached hydrogens (tertiary/aromatic N) is 2. The molecule has 32 heavy (non-hydrogen) atoms. The second-order valence-corrected chi connectivity index (χ2v) is 9.92. The molecule has 6 aliphatic heterocycles.